The van der Waals surface area contributed by atoms with Crippen LogP contribution in [0.3, 0.4) is 0 Å². The Kier molecular flexibility index (Phi) is 6.46. The molecule has 0 atom stereocenters. The van der Waals surface area contributed by atoms with Gasteiger partial charge in [0.15, 0.2) is 0 Å². The number of aryl methyl sites for hydroxylation is 1. The van der Waals surface area contributed by atoms with Crippen LogP contribution >= 0.6 is 11.3 Å². The van der Waals surface area contributed by atoms with Crippen LogP contribution in [0.1, 0.15) is 20.8 Å². The summed E-state index contributed by atoms with van der Waals surface area (Å²) >= 11 is 1.44. The van der Waals surface area contributed by atoms with Gasteiger partial charge in [-0.3, -0.25) is 4.79 Å². The van der Waals surface area contributed by atoms with Crippen molar-refractivity contribution in [3.8, 4) is 17.6 Å². The fourth-order valence-corrected chi connectivity index (χ4v) is 2.77. The van der Waals surface area contributed by atoms with Gasteiger partial charge in [-0.2, -0.15) is 0 Å². The first-order valence-electron chi connectivity index (χ1n) is 7.31. The monoisotopic (exact) mass is 325 g/mol. The zero-order valence-electron chi connectivity index (χ0n) is 13.1. The standard InChI is InChI=1S/C19H19NO2S/c1-3-8-16-9-4-5-10-17(16)22-12-7-6-11-20-19(21)18-13-15(2)14-23-18/h3-5,9-10,13-14H,1,8,11-12H2,2H3,(H,20,21). The largest absolute Gasteiger partial charge is 0.481 e. The Hall–Kier alpha value is -2.51. The predicted molar refractivity (Wildman–Crippen MR) is 95.0 cm³/mol. The van der Waals surface area contributed by atoms with Crippen molar-refractivity contribution in [3.05, 3.63) is 64.4 Å². The van der Waals surface area contributed by atoms with Gasteiger partial charge in [-0.25, -0.2) is 0 Å². The van der Waals surface area contributed by atoms with Crippen LogP contribution in [0.2, 0.25) is 0 Å². The van der Waals surface area contributed by atoms with Crippen LogP contribution in [0.5, 0.6) is 5.75 Å². The molecular weight excluding hydrogens is 306 g/mol. The number of para-hydroxylation sites is 1. The van der Waals surface area contributed by atoms with E-state index in [-0.39, 0.29) is 5.91 Å². The Balaban J connectivity index is 1.76. The maximum Gasteiger partial charge on any atom is 0.262 e. The van der Waals surface area contributed by atoms with E-state index in [2.05, 4.69) is 23.7 Å². The summed E-state index contributed by atoms with van der Waals surface area (Å²) in [6.07, 6.45) is 2.61. The van der Waals surface area contributed by atoms with Crippen LogP contribution in [-0.4, -0.2) is 19.1 Å². The number of hydrogen-bond acceptors (Lipinski definition) is 3. The SMILES string of the molecule is C=CCc1ccccc1OCC#CCNC(=O)c1cc(C)cs1. The molecule has 0 aliphatic carbocycles. The Labute approximate surface area is 141 Å². The molecule has 23 heavy (non-hydrogen) atoms. The second kappa shape index (κ2) is 8.82. The van der Waals surface area contributed by atoms with E-state index in [4.69, 9.17) is 4.74 Å². The minimum Gasteiger partial charge on any atom is -0.481 e. The maximum absolute atomic E-state index is 11.8. The topological polar surface area (TPSA) is 38.3 Å². The highest BCUT2D eigenvalue weighted by Gasteiger charge is 2.05. The van der Waals surface area contributed by atoms with E-state index in [9.17, 15) is 4.79 Å². The smallest absolute Gasteiger partial charge is 0.262 e. The molecule has 1 aromatic heterocycles. The number of benzene rings is 1. The van der Waals surface area contributed by atoms with E-state index < -0.39 is 0 Å². The van der Waals surface area contributed by atoms with E-state index in [1.165, 1.54) is 11.3 Å². The molecule has 0 saturated carbocycles. The molecule has 1 aromatic carbocycles. The second-order valence-corrected chi connectivity index (χ2v) is 5.82. The third kappa shape index (κ3) is 5.32. The highest BCUT2D eigenvalue weighted by molar-refractivity contribution is 7.12. The van der Waals surface area contributed by atoms with Crippen molar-refractivity contribution in [1.82, 2.24) is 5.32 Å². The number of carbonyl (C=O) groups excluding carboxylic acids is 1. The molecule has 3 nitrogen and oxygen atoms in total. The molecule has 1 amide bonds. The number of rotatable bonds is 6. The summed E-state index contributed by atoms with van der Waals surface area (Å²) in [5.74, 6) is 6.53. The zero-order valence-corrected chi connectivity index (χ0v) is 13.9. The number of carbonyl (C=O) groups is 1. The van der Waals surface area contributed by atoms with Crippen LogP contribution < -0.4 is 10.1 Å². The third-order valence-electron chi connectivity index (χ3n) is 3.05. The van der Waals surface area contributed by atoms with Crippen LogP contribution in [-0.2, 0) is 6.42 Å². The molecule has 0 aliphatic rings. The van der Waals surface area contributed by atoms with Gasteiger partial charge in [0, 0.05) is 0 Å². The van der Waals surface area contributed by atoms with Gasteiger partial charge in [-0.15, -0.1) is 17.9 Å². The van der Waals surface area contributed by atoms with Crippen molar-refractivity contribution in [3.63, 3.8) is 0 Å². The first-order chi connectivity index (χ1) is 11.2. The lowest BCUT2D eigenvalue weighted by Crippen LogP contribution is -2.22. The van der Waals surface area contributed by atoms with E-state index in [0.29, 0.717) is 18.0 Å². The lowest BCUT2D eigenvalue weighted by Gasteiger charge is -2.07. The van der Waals surface area contributed by atoms with Gasteiger partial charge < -0.3 is 10.1 Å². The average Bonchev–Trinajstić information content (AvgIpc) is 2.99. The van der Waals surface area contributed by atoms with Crippen molar-refractivity contribution >= 4 is 17.2 Å². The van der Waals surface area contributed by atoms with Gasteiger partial charge in [0.1, 0.15) is 12.4 Å². The molecule has 0 aliphatic heterocycles. The molecule has 1 heterocycles. The molecule has 4 heteroatoms. The number of thiophene rings is 1. The number of nitrogens with one attached hydrogen (secondary N) is 1. The second-order valence-electron chi connectivity index (χ2n) is 4.91. The summed E-state index contributed by atoms with van der Waals surface area (Å²) in [6, 6.07) is 9.69. The number of amides is 1. The number of allylic oxidation sites excluding steroid dienone is 1. The Morgan fingerprint density at radius 1 is 1.39 bits per heavy atom. The van der Waals surface area contributed by atoms with E-state index in [1.54, 1.807) is 0 Å². The van der Waals surface area contributed by atoms with E-state index in [0.717, 1.165) is 23.3 Å². The third-order valence-corrected chi connectivity index (χ3v) is 4.10. The number of hydrogen-bond donors (Lipinski definition) is 1. The van der Waals surface area contributed by atoms with Gasteiger partial charge in [0.25, 0.3) is 5.91 Å². The molecule has 1 N–H and O–H groups in total. The Morgan fingerprint density at radius 2 is 2.22 bits per heavy atom. The lowest BCUT2D eigenvalue weighted by atomic mass is 10.1. The zero-order chi connectivity index (χ0) is 16.5. The van der Waals surface area contributed by atoms with Crippen LogP contribution in [0, 0.1) is 18.8 Å². The van der Waals surface area contributed by atoms with Crippen LogP contribution in [0.4, 0.5) is 0 Å². The molecule has 0 saturated heterocycles. The minimum absolute atomic E-state index is 0.0883. The molecular formula is C19H19NO2S. The molecule has 2 rings (SSSR count). The Bertz CT molecular complexity index is 737. The normalized spacial score (nSPS) is 9.61. The van der Waals surface area contributed by atoms with E-state index >= 15 is 0 Å². The van der Waals surface area contributed by atoms with E-state index in [1.807, 2.05) is 48.7 Å². The van der Waals surface area contributed by atoms with Crippen molar-refractivity contribution in [1.29, 1.82) is 0 Å². The maximum atomic E-state index is 11.8. The summed E-state index contributed by atoms with van der Waals surface area (Å²) in [5.41, 5.74) is 2.18. The first kappa shape index (κ1) is 16.9. The van der Waals surface area contributed by atoms with Crippen molar-refractivity contribution in [2.24, 2.45) is 0 Å². The fraction of sp³-hybridized carbons (Fsp3) is 0.211. The summed E-state index contributed by atoms with van der Waals surface area (Å²) in [7, 11) is 0. The molecule has 0 fully saturated rings. The highest BCUT2D eigenvalue weighted by atomic mass is 32.1. The van der Waals surface area contributed by atoms with Gasteiger partial charge >= 0.3 is 0 Å². The quantitative estimate of drug-likeness (QED) is 0.651. The predicted octanol–water partition coefficient (Wildman–Crippen LogP) is 3.60. The van der Waals surface area contributed by atoms with Gasteiger partial charge in [-0.1, -0.05) is 36.1 Å². The van der Waals surface area contributed by atoms with Crippen molar-refractivity contribution < 1.29 is 9.53 Å². The average molecular weight is 325 g/mol. The minimum atomic E-state index is -0.0883. The molecule has 0 spiro atoms. The summed E-state index contributed by atoms with van der Waals surface area (Å²) in [6.45, 7) is 6.31. The molecule has 0 unspecified atom stereocenters. The molecule has 118 valence electrons. The first-order valence-corrected chi connectivity index (χ1v) is 8.19. The summed E-state index contributed by atoms with van der Waals surface area (Å²) in [5, 5.41) is 4.73. The molecule has 0 bridgehead atoms. The van der Waals surface area contributed by atoms with Gasteiger partial charge in [-0.05, 0) is 42.0 Å². The van der Waals surface area contributed by atoms with Crippen LogP contribution in [0.25, 0.3) is 0 Å². The van der Waals surface area contributed by atoms with Gasteiger partial charge in [0.05, 0.1) is 11.4 Å². The van der Waals surface area contributed by atoms with Crippen LogP contribution in [0.15, 0.2) is 48.4 Å². The molecule has 2 aromatic rings. The number of ether oxygens (including phenoxy) is 1. The molecule has 0 radical (unpaired) electrons. The summed E-state index contributed by atoms with van der Waals surface area (Å²) < 4.78 is 5.65. The highest BCUT2D eigenvalue weighted by Crippen LogP contribution is 2.18. The summed E-state index contributed by atoms with van der Waals surface area (Å²) in [4.78, 5) is 12.5. The van der Waals surface area contributed by atoms with Crippen molar-refractivity contribution in [2.75, 3.05) is 13.2 Å². The van der Waals surface area contributed by atoms with Gasteiger partial charge in [0.2, 0.25) is 0 Å². The lowest BCUT2D eigenvalue weighted by molar-refractivity contribution is 0.0962. The fourth-order valence-electron chi connectivity index (χ4n) is 1.96. The van der Waals surface area contributed by atoms with Crippen molar-refractivity contribution in [2.45, 2.75) is 13.3 Å². The Morgan fingerprint density at radius 3 is 2.96 bits per heavy atom.